The molecule has 0 radical (unpaired) electrons. The van der Waals surface area contributed by atoms with Crippen LogP contribution < -0.4 is 5.32 Å². The molecule has 0 saturated carbocycles. The van der Waals surface area contributed by atoms with Crippen molar-refractivity contribution in [3.05, 3.63) is 0 Å². The van der Waals surface area contributed by atoms with Crippen LogP contribution in [0.4, 0.5) is 0 Å². The number of hydrogen-bond donors (Lipinski definition) is 1. The van der Waals surface area contributed by atoms with Crippen molar-refractivity contribution in [3.63, 3.8) is 0 Å². The smallest absolute Gasteiger partial charge is 0.0192 e. The molecule has 1 saturated heterocycles. The van der Waals surface area contributed by atoms with E-state index in [2.05, 4.69) is 28.9 Å². The van der Waals surface area contributed by atoms with Crippen molar-refractivity contribution in [2.24, 2.45) is 0 Å². The lowest BCUT2D eigenvalue weighted by Crippen LogP contribution is -2.40. The van der Waals surface area contributed by atoms with E-state index in [1.165, 1.54) is 31.0 Å². The van der Waals surface area contributed by atoms with Crippen LogP contribution in [0.2, 0.25) is 0 Å². The van der Waals surface area contributed by atoms with Crippen LogP contribution in [0.25, 0.3) is 0 Å². The maximum Gasteiger partial charge on any atom is 0.0192 e. The molecule has 72 valence electrons. The van der Waals surface area contributed by atoms with E-state index in [1.807, 2.05) is 7.05 Å². The predicted octanol–water partition coefficient (Wildman–Crippen LogP) is 1.03. The average molecular weight is 188 g/mol. The second-order valence-corrected chi connectivity index (χ2v) is 4.63. The molecule has 0 spiro atoms. The Balaban J connectivity index is 2.27. The first-order valence-corrected chi connectivity index (χ1v) is 5.96. The van der Waals surface area contributed by atoms with Gasteiger partial charge in [-0.25, -0.2) is 0 Å². The van der Waals surface area contributed by atoms with Gasteiger partial charge in [0.05, 0.1) is 0 Å². The summed E-state index contributed by atoms with van der Waals surface area (Å²) in [6.07, 6.45) is 1.36. The topological polar surface area (TPSA) is 15.3 Å². The zero-order chi connectivity index (χ0) is 8.81. The highest BCUT2D eigenvalue weighted by molar-refractivity contribution is 7.99. The van der Waals surface area contributed by atoms with Gasteiger partial charge in [-0.1, -0.05) is 0 Å². The molecule has 0 aromatic rings. The molecule has 0 aromatic carbocycles. The largest absolute Gasteiger partial charge is 0.318 e. The Labute approximate surface area is 80.1 Å². The van der Waals surface area contributed by atoms with Crippen LogP contribution in [0, 0.1) is 0 Å². The third-order valence-electron chi connectivity index (χ3n) is 2.38. The van der Waals surface area contributed by atoms with Gasteiger partial charge in [-0.3, -0.25) is 4.90 Å². The molecular weight excluding hydrogens is 168 g/mol. The first-order valence-electron chi connectivity index (χ1n) is 4.81. The minimum absolute atomic E-state index is 0.702. The van der Waals surface area contributed by atoms with Gasteiger partial charge in [0, 0.05) is 24.9 Å². The molecule has 0 amide bonds. The number of hydrogen-bond acceptors (Lipinski definition) is 3. The van der Waals surface area contributed by atoms with Gasteiger partial charge >= 0.3 is 0 Å². The molecule has 1 atom stereocenters. The Morgan fingerprint density at radius 1 is 1.42 bits per heavy atom. The fraction of sp³-hybridized carbons (Fsp3) is 1.00. The van der Waals surface area contributed by atoms with Crippen molar-refractivity contribution in [1.29, 1.82) is 0 Å². The van der Waals surface area contributed by atoms with Gasteiger partial charge < -0.3 is 5.32 Å². The predicted molar refractivity (Wildman–Crippen MR) is 56.9 cm³/mol. The Hall–Kier alpha value is 0.270. The summed E-state index contributed by atoms with van der Waals surface area (Å²) in [5.74, 6) is 2.66. The second-order valence-electron chi connectivity index (χ2n) is 3.41. The van der Waals surface area contributed by atoms with Gasteiger partial charge in [-0.15, -0.1) is 0 Å². The summed E-state index contributed by atoms with van der Waals surface area (Å²) in [6.45, 7) is 5.99. The first-order chi connectivity index (χ1) is 5.84. The normalized spacial score (nSPS) is 23.5. The number of nitrogens with zero attached hydrogens (tertiary/aromatic N) is 1. The standard InChI is InChI=1S/C9H20N2S/c1-9(8-10-2)11-4-3-6-12-7-5-11/h9-10H,3-8H2,1-2H3. The van der Waals surface area contributed by atoms with E-state index in [4.69, 9.17) is 0 Å². The minimum Gasteiger partial charge on any atom is -0.318 e. The summed E-state index contributed by atoms with van der Waals surface area (Å²) < 4.78 is 0. The van der Waals surface area contributed by atoms with Crippen LogP contribution in [-0.4, -0.2) is 49.1 Å². The van der Waals surface area contributed by atoms with E-state index in [0.717, 1.165) is 6.54 Å². The molecule has 1 aliphatic heterocycles. The molecule has 12 heavy (non-hydrogen) atoms. The van der Waals surface area contributed by atoms with E-state index in [0.29, 0.717) is 6.04 Å². The highest BCUT2D eigenvalue weighted by atomic mass is 32.2. The summed E-state index contributed by atoms with van der Waals surface area (Å²) in [5.41, 5.74) is 0. The lowest BCUT2D eigenvalue weighted by Gasteiger charge is -2.26. The Morgan fingerprint density at radius 3 is 3.00 bits per heavy atom. The van der Waals surface area contributed by atoms with Crippen molar-refractivity contribution in [2.45, 2.75) is 19.4 Å². The maximum atomic E-state index is 3.24. The van der Waals surface area contributed by atoms with Gasteiger partial charge in [-0.2, -0.15) is 11.8 Å². The molecule has 0 bridgehead atoms. The van der Waals surface area contributed by atoms with Crippen molar-refractivity contribution in [3.8, 4) is 0 Å². The van der Waals surface area contributed by atoms with E-state index in [-0.39, 0.29) is 0 Å². The maximum absolute atomic E-state index is 3.24. The van der Waals surface area contributed by atoms with Crippen molar-refractivity contribution >= 4 is 11.8 Å². The van der Waals surface area contributed by atoms with Gasteiger partial charge in [0.1, 0.15) is 0 Å². The molecule has 0 aromatic heterocycles. The molecule has 1 N–H and O–H groups in total. The van der Waals surface area contributed by atoms with Crippen LogP contribution in [0.3, 0.4) is 0 Å². The van der Waals surface area contributed by atoms with E-state index < -0.39 is 0 Å². The molecule has 1 fully saturated rings. The van der Waals surface area contributed by atoms with Crippen LogP contribution >= 0.6 is 11.8 Å². The van der Waals surface area contributed by atoms with Crippen LogP contribution in [-0.2, 0) is 0 Å². The molecule has 0 aliphatic carbocycles. The SMILES string of the molecule is CNCC(C)N1CCCSCC1. The monoisotopic (exact) mass is 188 g/mol. The minimum atomic E-state index is 0.702. The Bertz CT molecular complexity index is 111. The molecule has 1 unspecified atom stereocenters. The first kappa shape index (κ1) is 10.4. The summed E-state index contributed by atoms with van der Waals surface area (Å²) in [4.78, 5) is 2.59. The van der Waals surface area contributed by atoms with E-state index >= 15 is 0 Å². The highest BCUT2D eigenvalue weighted by Crippen LogP contribution is 2.11. The number of likely N-dealkylation sites (N-methyl/N-ethyl adjacent to an activating group) is 1. The number of thioether (sulfide) groups is 1. The van der Waals surface area contributed by atoms with Crippen LogP contribution in [0.15, 0.2) is 0 Å². The van der Waals surface area contributed by atoms with Gasteiger partial charge in [0.25, 0.3) is 0 Å². The molecule has 2 nitrogen and oxygen atoms in total. The molecule has 3 heteroatoms. The molecule has 1 aliphatic rings. The fourth-order valence-corrected chi connectivity index (χ4v) is 2.53. The lowest BCUT2D eigenvalue weighted by molar-refractivity contribution is 0.223. The summed E-state index contributed by atoms with van der Waals surface area (Å²) in [5, 5.41) is 3.24. The zero-order valence-corrected chi connectivity index (χ0v) is 8.99. The van der Waals surface area contributed by atoms with Gasteiger partial charge in [0.15, 0.2) is 0 Å². The highest BCUT2D eigenvalue weighted by Gasteiger charge is 2.14. The summed E-state index contributed by atoms with van der Waals surface area (Å²) in [7, 11) is 2.03. The molecule has 1 heterocycles. The third kappa shape index (κ3) is 3.33. The number of rotatable bonds is 3. The lowest BCUT2D eigenvalue weighted by atomic mass is 10.2. The van der Waals surface area contributed by atoms with Crippen molar-refractivity contribution in [2.75, 3.05) is 38.2 Å². The Kier molecular flexibility index (Phi) is 5.04. The average Bonchev–Trinajstić information content (AvgIpc) is 2.32. The van der Waals surface area contributed by atoms with Crippen LogP contribution in [0.1, 0.15) is 13.3 Å². The van der Waals surface area contributed by atoms with Gasteiger partial charge in [0.2, 0.25) is 0 Å². The zero-order valence-electron chi connectivity index (χ0n) is 8.18. The van der Waals surface area contributed by atoms with Crippen molar-refractivity contribution in [1.82, 2.24) is 10.2 Å². The molecular formula is C9H20N2S. The summed E-state index contributed by atoms with van der Waals surface area (Å²) in [6, 6.07) is 0.702. The Morgan fingerprint density at radius 2 is 2.25 bits per heavy atom. The second kappa shape index (κ2) is 5.84. The quantitative estimate of drug-likeness (QED) is 0.712. The summed E-state index contributed by atoms with van der Waals surface area (Å²) >= 11 is 2.09. The van der Waals surface area contributed by atoms with E-state index in [9.17, 15) is 0 Å². The van der Waals surface area contributed by atoms with E-state index in [1.54, 1.807) is 0 Å². The fourth-order valence-electron chi connectivity index (χ4n) is 1.63. The van der Waals surface area contributed by atoms with Gasteiger partial charge in [-0.05, 0) is 32.7 Å². The molecule has 1 rings (SSSR count). The number of nitrogens with one attached hydrogen (secondary N) is 1. The third-order valence-corrected chi connectivity index (χ3v) is 3.43. The van der Waals surface area contributed by atoms with Crippen LogP contribution in [0.5, 0.6) is 0 Å². The van der Waals surface area contributed by atoms with Crippen molar-refractivity contribution < 1.29 is 0 Å².